The SMILES string of the molecule is CC1CC(C)C(C)N(c2cc(C(N)=O)c(N)cn2)C1. The van der Waals surface area contributed by atoms with E-state index in [-0.39, 0.29) is 0 Å². The number of nitrogens with zero attached hydrogens (tertiary/aromatic N) is 2. The molecule has 0 aromatic carbocycles. The molecule has 3 atom stereocenters. The highest BCUT2D eigenvalue weighted by molar-refractivity contribution is 5.98. The Morgan fingerprint density at radius 2 is 2.11 bits per heavy atom. The predicted molar refractivity (Wildman–Crippen MR) is 76.9 cm³/mol. The molecule has 1 aliphatic heterocycles. The molecule has 1 aliphatic rings. The van der Waals surface area contributed by atoms with Gasteiger partial charge in [0.15, 0.2) is 0 Å². The highest BCUT2D eigenvalue weighted by Crippen LogP contribution is 2.31. The summed E-state index contributed by atoms with van der Waals surface area (Å²) in [6.07, 6.45) is 2.74. The van der Waals surface area contributed by atoms with Crippen LogP contribution in [0.3, 0.4) is 0 Å². The lowest BCUT2D eigenvalue weighted by molar-refractivity contribution is 0.100. The average molecular weight is 262 g/mol. The van der Waals surface area contributed by atoms with E-state index in [0.717, 1.165) is 12.4 Å². The highest BCUT2D eigenvalue weighted by Gasteiger charge is 2.30. The van der Waals surface area contributed by atoms with E-state index in [1.54, 1.807) is 6.07 Å². The molecule has 1 fully saturated rings. The fourth-order valence-electron chi connectivity index (χ4n) is 2.84. The van der Waals surface area contributed by atoms with Crippen LogP contribution in [0.1, 0.15) is 37.6 Å². The largest absolute Gasteiger partial charge is 0.397 e. The van der Waals surface area contributed by atoms with Gasteiger partial charge in [0, 0.05) is 12.6 Å². The fraction of sp³-hybridized carbons (Fsp3) is 0.571. The summed E-state index contributed by atoms with van der Waals surface area (Å²) in [7, 11) is 0. The lowest BCUT2D eigenvalue weighted by Gasteiger charge is -2.42. The Hall–Kier alpha value is -1.78. The number of carbonyl (C=O) groups excluding carboxylic acids is 1. The van der Waals surface area contributed by atoms with Crippen molar-refractivity contribution in [2.75, 3.05) is 17.2 Å². The van der Waals surface area contributed by atoms with Crippen molar-refractivity contribution in [3.63, 3.8) is 0 Å². The summed E-state index contributed by atoms with van der Waals surface area (Å²) in [6, 6.07) is 2.10. The number of primary amides is 1. The van der Waals surface area contributed by atoms with Gasteiger partial charge in [-0.25, -0.2) is 4.98 Å². The molecule has 0 aliphatic carbocycles. The third-order valence-electron chi connectivity index (χ3n) is 4.08. The number of aromatic nitrogens is 1. The summed E-state index contributed by atoms with van der Waals surface area (Å²) in [6.45, 7) is 7.63. The maximum Gasteiger partial charge on any atom is 0.250 e. The number of piperidine rings is 1. The lowest BCUT2D eigenvalue weighted by Crippen LogP contribution is -2.46. The van der Waals surface area contributed by atoms with E-state index < -0.39 is 5.91 Å². The normalized spacial score (nSPS) is 27.3. The van der Waals surface area contributed by atoms with E-state index >= 15 is 0 Å². The molecule has 3 unspecified atom stereocenters. The summed E-state index contributed by atoms with van der Waals surface area (Å²) < 4.78 is 0. The Balaban J connectivity index is 2.35. The number of anilines is 2. The number of rotatable bonds is 2. The minimum Gasteiger partial charge on any atom is -0.397 e. The Labute approximate surface area is 114 Å². The summed E-state index contributed by atoms with van der Waals surface area (Å²) in [5.74, 6) is 1.49. The first-order chi connectivity index (χ1) is 8.90. The quantitative estimate of drug-likeness (QED) is 0.848. The van der Waals surface area contributed by atoms with Gasteiger partial charge in [-0.1, -0.05) is 13.8 Å². The Bertz CT molecular complexity index is 488. The first-order valence-corrected chi connectivity index (χ1v) is 6.72. The molecule has 4 N–H and O–H groups in total. The number of hydrogen-bond donors (Lipinski definition) is 2. The van der Waals surface area contributed by atoms with Gasteiger partial charge >= 0.3 is 0 Å². The third kappa shape index (κ3) is 2.64. The van der Waals surface area contributed by atoms with Gasteiger partial charge in [0.25, 0.3) is 5.91 Å². The van der Waals surface area contributed by atoms with Crippen molar-refractivity contribution in [1.29, 1.82) is 0 Å². The van der Waals surface area contributed by atoms with E-state index in [4.69, 9.17) is 11.5 Å². The monoisotopic (exact) mass is 262 g/mol. The average Bonchev–Trinajstić information content (AvgIpc) is 2.34. The minimum atomic E-state index is -0.507. The summed E-state index contributed by atoms with van der Waals surface area (Å²) in [5, 5.41) is 0. The molecule has 1 aromatic heterocycles. The molecule has 0 spiro atoms. The number of amides is 1. The summed E-state index contributed by atoms with van der Waals surface area (Å²) >= 11 is 0. The van der Waals surface area contributed by atoms with Gasteiger partial charge < -0.3 is 16.4 Å². The van der Waals surface area contributed by atoms with Crippen LogP contribution in [-0.4, -0.2) is 23.5 Å². The summed E-state index contributed by atoms with van der Waals surface area (Å²) in [4.78, 5) is 18.0. The smallest absolute Gasteiger partial charge is 0.250 e. The number of pyridine rings is 1. The maximum absolute atomic E-state index is 11.4. The van der Waals surface area contributed by atoms with Crippen LogP contribution >= 0.6 is 0 Å². The van der Waals surface area contributed by atoms with Crippen LogP contribution in [0.5, 0.6) is 0 Å². The van der Waals surface area contributed by atoms with Crippen molar-refractivity contribution in [1.82, 2.24) is 4.98 Å². The molecule has 5 nitrogen and oxygen atoms in total. The van der Waals surface area contributed by atoms with Crippen LogP contribution in [0.4, 0.5) is 11.5 Å². The van der Waals surface area contributed by atoms with Gasteiger partial charge in [0.05, 0.1) is 17.4 Å². The molecular weight excluding hydrogens is 240 g/mol. The van der Waals surface area contributed by atoms with Crippen molar-refractivity contribution in [3.05, 3.63) is 17.8 Å². The van der Waals surface area contributed by atoms with Gasteiger partial charge in [-0.15, -0.1) is 0 Å². The van der Waals surface area contributed by atoms with E-state index in [1.165, 1.54) is 12.6 Å². The van der Waals surface area contributed by atoms with E-state index in [0.29, 0.717) is 29.1 Å². The zero-order valence-electron chi connectivity index (χ0n) is 11.8. The van der Waals surface area contributed by atoms with E-state index in [9.17, 15) is 4.79 Å². The van der Waals surface area contributed by atoms with Crippen molar-refractivity contribution < 1.29 is 4.79 Å². The molecule has 104 valence electrons. The predicted octanol–water partition coefficient (Wildman–Crippen LogP) is 1.63. The Morgan fingerprint density at radius 1 is 1.42 bits per heavy atom. The molecule has 1 aromatic rings. The molecule has 0 saturated carbocycles. The maximum atomic E-state index is 11.4. The number of carbonyl (C=O) groups is 1. The van der Waals surface area contributed by atoms with Crippen LogP contribution in [0.15, 0.2) is 12.3 Å². The van der Waals surface area contributed by atoms with Crippen molar-refractivity contribution in [3.8, 4) is 0 Å². The van der Waals surface area contributed by atoms with Crippen molar-refractivity contribution >= 4 is 17.4 Å². The van der Waals surface area contributed by atoms with Crippen LogP contribution in [0.25, 0.3) is 0 Å². The van der Waals surface area contributed by atoms with Crippen LogP contribution in [-0.2, 0) is 0 Å². The molecule has 5 heteroatoms. The fourth-order valence-corrected chi connectivity index (χ4v) is 2.84. The van der Waals surface area contributed by atoms with Gasteiger partial charge in [0.2, 0.25) is 0 Å². The zero-order chi connectivity index (χ0) is 14.2. The van der Waals surface area contributed by atoms with Crippen molar-refractivity contribution in [2.45, 2.75) is 33.2 Å². The molecule has 2 heterocycles. The minimum absolute atomic E-state index is 0.335. The van der Waals surface area contributed by atoms with Crippen LogP contribution in [0.2, 0.25) is 0 Å². The topological polar surface area (TPSA) is 85.2 Å². The van der Waals surface area contributed by atoms with Crippen molar-refractivity contribution in [2.24, 2.45) is 17.6 Å². The third-order valence-corrected chi connectivity index (χ3v) is 4.08. The van der Waals surface area contributed by atoms with Gasteiger partial charge in [-0.3, -0.25) is 4.79 Å². The first kappa shape index (κ1) is 13.6. The molecular formula is C14H22N4O. The molecule has 1 saturated heterocycles. The Kier molecular flexibility index (Phi) is 3.64. The van der Waals surface area contributed by atoms with Gasteiger partial charge in [-0.05, 0) is 31.2 Å². The van der Waals surface area contributed by atoms with Crippen LogP contribution < -0.4 is 16.4 Å². The van der Waals surface area contributed by atoms with Gasteiger partial charge in [-0.2, -0.15) is 0 Å². The lowest BCUT2D eigenvalue weighted by atomic mass is 9.86. The number of nitrogens with two attached hydrogens (primary N) is 2. The van der Waals surface area contributed by atoms with E-state index in [1.807, 2.05) is 0 Å². The second-order valence-electron chi connectivity index (χ2n) is 5.71. The molecule has 0 bridgehead atoms. The number of hydrogen-bond acceptors (Lipinski definition) is 4. The second kappa shape index (κ2) is 5.07. The van der Waals surface area contributed by atoms with Crippen LogP contribution in [0, 0.1) is 11.8 Å². The molecule has 1 amide bonds. The standard InChI is InChI=1S/C14H22N4O/c1-8-4-9(2)10(3)18(7-8)13-5-11(14(16)19)12(15)6-17-13/h5-6,8-10H,4,7,15H2,1-3H3,(H2,16,19). The van der Waals surface area contributed by atoms with Gasteiger partial charge in [0.1, 0.15) is 5.82 Å². The second-order valence-corrected chi connectivity index (χ2v) is 5.71. The summed E-state index contributed by atoms with van der Waals surface area (Å²) in [5.41, 5.74) is 11.7. The molecule has 2 rings (SSSR count). The highest BCUT2D eigenvalue weighted by atomic mass is 16.1. The van der Waals surface area contributed by atoms with E-state index in [2.05, 4.69) is 30.7 Å². The Morgan fingerprint density at radius 3 is 2.74 bits per heavy atom. The molecule has 0 radical (unpaired) electrons. The first-order valence-electron chi connectivity index (χ1n) is 6.72. The number of nitrogen functional groups attached to an aromatic ring is 1. The molecule has 19 heavy (non-hydrogen) atoms. The zero-order valence-corrected chi connectivity index (χ0v) is 11.8.